The fourth-order valence-electron chi connectivity index (χ4n) is 5.89. The molecule has 0 fully saturated rings. The van der Waals surface area contributed by atoms with Crippen molar-refractivity contribution in [3.8, 4) is 17.1 Å². The Labute approximate surface area is 262 Å². The van der Waals surface area contributed by atoms with Crippen molar-refractivity contribution < 1.29 is 13.5 Å². The van der Waals surface area contributed by atoms with Gasteiger partial charge in [-0.25, -0.2) is 18.4 Å². The summed E-state index contributed by atoms with van der Waals surface area (Å²) in [6, 6.07) is 18.5. The van der Waals surface area contributed by atoms with Crippen LogP contribution in [0, 0.1) is 18.6 Å². The standard InChI is InChI=1S/C34H34F2N6O.C2H6/c1-22-9-8-10-23(17-22)34(2,31-19-38-33(39-31)26-12-4-5-13-28(26)35)15-7-6-11-24-20-42(41-40-24)21-27-25-14-16-37-30(25)18-29(36)32(27)43-3;1-2/h4-5,8-10,12-14,16-20,37H,6-7,11,15,21H2,1-3H3,(H,38,39);1-2H3. The summed E-state index contributed by atoms with van der Waals surface area (Å²) in [6.45, 7) is 8.65. The highest BCUT2D eigenvalue weighted by Crippen LogP contribution is 2.38. The molecule has 1 unspecified atom stereocenters. The maximum Gasteiger partial charge on any atom is 0.167 e. The van der Waals surface area contributed by atoms with Crippen LogP contribution in [0.25, 0.3) is 22.3 Å². The van der Waals surface area contributed by atoms with E-state index < -0.39 is 5.82 Å². The molecule has 45 heavy (non-hydrogen) atoms. The van der Waals surface area contributed by atoms with Crippen LogP contribution in [0.2, 0.25) is 0 Å². The Morgan fingerprint density at radius 1 is 0.978 bits per heavy atom. The third-order valence-corrected chi connectivity index (χ3v) is 8.29. The van der Waals surface area contributed by atoms with Gasteiger partial charge in [-0.2, -0.15) is 0 Å². The van der Waals surface area contributed by atoms with Crippen molar-refractivity contribution in [1.29, 1.82) is 0 Å². The number of hydrogen-bond acceptors (Lipinski definition) is 4. The second-order valence-electron chi connectivity index (χ2n) is 11.3. The number of rotatable bonds is 11. The van der Waals surface area contributed by atoms with Crippen molar-refractivity contribution in [2.24, 2.45) is 0 Å². The van der Waals surface area contributed by atoms with Crippen LogP contribution in [-0.4, -0.2) is 37.1 Å². The minimum absolute atomic E-state index is 0.219. The van der Waals surface area contributed by atoms with Gasteiger partial charge in [0, 0.05) is 52.2 Å². The molecule has 0 saturated heterocycles. The second-order valence-corrected chi connectivity index (χ2v) is 11.3. The van der Waals surface area contributed by atoms with Gasteiger partial charge < -0.3 is 14.7 Å². The highest BCUT2D eigenvalue weighted by atomic mass is 19.1. The number of nitrogens with zero attached hydrogens (tertiary/aromatic N) is 4. The summed E-state index contributed by atoms with van der Waals surface area (Å²) in [5.74, 6) is 0.0248. The van der Waals surface area contributed by atoms with Crippen LogP contribution in [0.15, 0.2) is 79.3 Å². The van der Waals surface area contributed by atoms with Crippen LogP contribution >= 0.6 is 0 Å². The Morgan fingerprint density at radius 2 is 1.80 bits per heavy atom. The number of fused-ring (bicyclic) bond motifs is 1. The molecular formula is C36H40F2N6O. The zero-order chi connectivity index (χ0) is 32.0. The van der Waals surface area contributed by atoms with E-state index in [1.54, 1.807) is 23.0 Å². The first-order valence-electron chi connectivity index (χ1n) is 15.4. The lowest BCUT2D eigenvalue weighted by Crippen LogP contribution is -2.24. The van der Waals surface area contributed by atoms with Gasteiger partial charge in [0.05, 0.1) is 24.9 Å². The number of unbranched alkanes of at least 4 members (excludes halogenated alkanes) is 1. The first-order chi connectivity index (χ1) is 21.9. The van der Waals surface area contributed by atoms with Gasteiger partial charge in [-0.1, -0.05) is 67.4 Å². The molecule has 2 N–H and O–H groups in total. The quantitative estimate of drug-likeness (QED) is 0.144. The summed E-state index contributed by atoms with van der Waals surface area (Å²) in [7, 11) is 1.47. The van der Waals surface area contributed by atoms with E-state index in [-0.39, 0.29) is 17.0 Å². The number of hydrogen-bond donors (Lipinski definition) is 2. The van der Waals surface area contributed by atoms with Crippen molar-refractivity contribution in [3.63, 3.8) is 0 Å². The lowest BCUT2D eigenvalue weighted by Gasteiger charge is -2.29. The zero-order valence-corrected chi connectivity index (χ0v) is 26.5. The van der Waals surface area contributed by atoms with Crippen LogP contribution in [0.4, 0.5) is 8.78 Å². The molecule has 3 aromatic carbocycles. The van der Waals surface area contributed by atoms with Crippen molar-refractivity contribution in [1.82, 2.24) is 29.9 Å². The average Bonchev–Trinajstić information content (AvgIpc) is 3.82. The van der Waals surface area contributed by atoms with E-state index in [1.165, 1.54) is 30.4 Å². The van der Waals surface area contributed by atoms with Gasteiger partial charge in [-0.15, -0.1) is 5.10 Å². The van der Waals surface area contributed by atoms with Gasteiger partial charge in [-0.05, 0) is 56.9 Å². The Hall–Kier alpha value is -4.79. The van der Waals surface area contributed by atoms with Gasteiger partial charge in [0.15, 0.2) is 11.6 Å². The first kappa shape index (κ1) is 31.6. The summed E-state index contributed by atoms with van der Waals surface area (Å²) in [6.07, 6.45) is 8.97. The van der Waals surface area contributed by atoms with Gasteiger partial charge in [0.25, 0.3) is 0 Å². The number of halogens is 2. The Kier molecular flexibility index (Phi) is 9.76. The summed E-state index contributed by atoms with van der Waals surface area (Å²) in [5, 5.41) is 9.59. The smallest absolute Gasteiger partial charge is 0.167 e. The summed E-state index contributed by atoms with van der Waals surface area (Å²) in [4.78, 5) is 11.0. The maximum absolute atomic E-state index is 14.6. The monoisotopic (exact) mass is 610 g/mol. The number of nitrogens with one attached hydrogen (secondary N) is 2. The molecule has 1 atom stereocenters. The number of benzene rings is 3. The van der Waals surface area contributed by atoms with E-state index in [0.29, 0.717) is 23.4 Å². The van der Waals surface area contributed by atoms with Crippen LogP contribution in [-0.2, 0) is 18.4 Å². The molecule has 0 saturated carbocycles. The number of H-pyrrole nitrogens is 2. The third-order valence-electron chi connectivity index (χ3n) is 8.29. The molecule has 7 nitrogen and oxygen atoms in total. The molecule has 9 heteroatoms. The van der Waals surface area contributed by atoms with E-state index in [9.17, 15) is 8.78 Å². The SMILES string of the molecule is CC.COc1c(F)cc2[nH]ccc2c1Cn1cc(CCCCC(C)(c2cccc(C)c2)c2cnc(-c3ccccc3F)[nH]2)nn1. The van der Waals surface area contributed by atoms with Crippen molar-refractivity contribution in [3.05, 3.63) is 119 Å². The van der Waals surface area contributed by atoms with Crippen LogP contribution in [0.1, 0.15) is 68.1 Å². The highest BCUT2D eigenvalue weighted by molar-refractivity contribution is 5.85. The molecule has 3 heterocycles. The third kappa shape index (κ3) is 6.67. The molecule has 6 rings (SSSR count). The van der Waals surface area contributed by atoms with Crippen LogP contribution in [0.5, 0.6) is 5.75 Å². The van der Waals surface area contributed by atoms with E-state index in [0.717, 1.165) is 48.0 Å². The first-order valence-corrected chi connectivity index (χ1v) is 15.4. The van der Waals surface area contributed by atoms with Gasteiger partial charge in [0.1, 0.15) is 11.6 Å². The molecule has 234 valence electrons. The van der Waals surface area contributed by atoms with E-state index in [4.69, 9.17) is 4.74 Å². The van der Waals surface area contributed by atoms with Crippen molar-refractivity contribution in [2.75, 3.05) is 7.11 Å². The Morgan fingerprint density at radius 3 is 2.58 bits per heavy atom. The number of ether oxygens (including phenoxy) is 1. The molecule has 0 radical (unpaired) electrons. The molecule has 0 aliphatic rings. The van der Waals surface area contributed by atoms with Crippen molar-refractivity contribution >= 4 is 10.9 Å². The fourth-order valence-corrected chi connectivity index (χ4v) is 5.89. The predicted molar refractivity (Wildman–Crippen MR) is 174 cm³/mol. The molecule has 0 aliphatic carbocycles. The Balaban J connectivity index is 0.00000196. The Bertz CT molecular complexity index is 1870. The molecule has 0 aliphatic heterocycles. The highest BCUT2D eigenvalue weighted by Gasteiger charge is 2.31. The average molecular weight is 611 g/mol. The van der Waals surface area contributed by atoms with Gasteiger partial charge in [-0.3, -0.25) is 0 Å². The maximum atomic E-state index is 14.6. The lowest BCUT2D eigenvalue weighted by atomic mass is 9.75. The second kappa shape index (κ2) is 13.9. The van der Waals surface area contributed by atoms with E-state index in [2.05, 4.69) is 63.4 Å². The minimum atomic E-state index is -0.414. The van der Waals surface area contributed by atoms with Crippen molar-refractivity contribution in [2.45, 2.75) is 65.3 Å². The van der Waals surface area contributed by atoms with Crippen LogP contribution < -0.4 is 4.74 Å². The number of aryl methyl sites for hydroxylation is 2. The number of imidazole rings is 1. The number of methoxy groups -OCH3 is 1. The summed E-state index contributed by atoms with van der Waals surface area (Å²) >= 11 is 0. The van der Waals surface area contributed by atoms with Crippen LogP contribution in [0.3, 0.4) is 0 Å². The predicted octanol–water partition coefficient (Wildman–Crippen LogP) is 8.54. The van der Waals surface area contributed by atoms with E-state index >= 15 is 0 Å². The molecule has 0 amide bonds. The fraction of sp³-hybridized carbons (Fsp3) is 0.306. The molecule has 3 aromatic heterocycles. The topological polar surface area (TPSA) is 84.4 Å². The normalized spacial score (nSPS) is 12.5. The summed E-state index contributed by atoms with van der Waals surface area (Å²) in [5.41, 5.74) is 5.72. The van der Waals surface area contributed by atoms with Gasteiger partial charge in [0.2, 0.25) is 0 Å². The number of aromatic amines is 2. The molecular weight excluding hydrogens is 570 g/mol. The number of aromatic nitrogens is 6. The van der Waals surface area contributed by atoms with Gasteiger partial charge >= 0.3 is 0 Å². The minimum Gasteiger partial charge on any atom is -0.493 e. The largest absolute Gasteiger partial charge is 0.493 e. The molecule has 6 aromatic rings. The zero-order valence-electron chi connectivity index (χ0n) is 26.5. The molecule has 0 bridgehead atoms. The molecule has 0 spiro atoms. The van der Waals surface area contributed by atoms with E-state index in [1.807, 2.05) is 38.4 Å². The lowest BCUT2D eigenvalue weighted by molar-refractivity contribution is 0.380. The summed E-state index contributed by atoms with van der Waals surface area (Å²) < 4.78 is 36.2.